The minimum absolute atomic E-state index is 0.0116. The molecule has 0 radical (unpaired) electrons. The molecule has 6 heteroatoms. The van der Waals surface area contributed by atoms with Gasteiger partial charge in [0.2, 0.25) is 0 Å². The first-order valence-electron chi connectivity index (χ1n) is 8.23. The van der Waals surface area contributed by atoms with Gasteiger partial charge in [0.25, 0.3) is 0 Å². The number of hydrogen-bond donors (Lipinski definition) is 0. The predicted molar refractivity (Wildman–Crippen MR) is 98.8 cm³/mol. The third-order valence-electron chi connectivity index (χ3n) is 4.01. The molecule has 0 unspecified atom stereocenters. The number of hydrogen-bond acceptors (Lipinski definition) is 5. The van der Waals surface area contributed by atoms with Gasteiger partial charge in [0.05, 0.1) is 6.61 Å². The summed E-state index contributed by atoms with van der Waals surface area (Å²) < 4.78 is 4.91. The Hall–Kier alpha value is -2.29. The average molecular weight is 360 g/mol. The van der Waals surface area contributed by atoms with Crippen LogP contribution >= 0.6 is 11.6 Å². The quantitative estimate of drug-likeness (QED) is 0.350. The molecular weight excluding hydrogens is 338 g/mol. The highest BCUT2D eigenvalue weighted by molar-refractivity contribution is 6.30. The zero-order valence-electron chi connectivity index (χ0n) is 14.5. The Morgan fingerprint density at radius 3 is 2.44 bits per heavy atom. The fourth-order valence-corrected chi connectivity index (χ4v) is 2.70. The van der Waals surface area contributed by atoms with E-state index in [0.29, 0.717) is 5.02 Å². The van der Waals surface area contributed by atoms with Crippen LogP contribution in [0.5, 0.6) is 0 Å². The van der Waals surface area contributed by atoms with Crippen molar-refractivity contribution in [3.8, 4) is 6.07 Å². The molecule has 0 aliphatic carbocycles. The van der Waals surface area contributed by atoms with Gasteiger partial charge in [-0.05, 0) is 43.8 Å². The Bertz CT molecular complexity index is 696. The molecule has 0 N–H and O–H groups in total. The predicted octanol–water partition coefficient (Wildman–Crippen LogP) is 2.94. The number of nitriles is 1. The van der Waals surface area contributed by atoms with E-state index < -0.39 is 5.97 Å². The Labute approximate surface area is 153 Å². The number of allylic oxidation sites excluding steroid dienone is 2. The van der Waals surface area contributed by atoms with Crippen molar-refractivity contribution in [2.45, 2.75) is 6.92 Å². The number of halogens is 1. The summed E-state index contributed by atoms with van der Waals surface area (Å²) in [7, 11) is 2.09. The van der Waals surface area contributed by atoms with E-state index in [1.807, 2.05) is 36.4 Å². The highest BCUT2D eigenvalue weighted by Gasteiger charge is 2.18. The van der Waals surface area contributed by atoms with Gasteiger partial charge in [-0.1, -0.05) is 23.7 Å². The summed E-state index contributed by atoms with van der Waals surface area (Å²) in [5, 5.41) is 9.87. The Balaban J connectivity index is 2.35. The second-order valence-electron chi connectivity index (χ2n) is 5.76. The molecule has 0 amide bonds. The summed E-state index contributed by atoms with van der Waals surface area (Å²) in [5.41, 5.74) is 1.94. The third-order valence-corrected chi connectivity index (χ3v) is 4.26. The topological polar surface area (TPSA) is 56.6 Å². The zero-order chi connectivity index (χ0) is 18.2. The van der Waals surface area contributed by atoms with Gasteiger partial charge in [0.15, 0.2) is 0 Å². The van der Waals surface area contributed by atoms with Crippen LogP contribution in [0.1, 0.15) is 12.5 Å². The maximum atomic E-state index is 11.8. The molecule has 5 nitrogen and oxygen atoms in total. The number of rotatable bonds is 5. The van der Waals surface area contributed by atoms with Gasteiger partial charge in [0, 0.05) is 36.9 Å². The number of likely N-dealkylation sites (N-methyl/N-ethyl adjacent to an activating group) is 1. The first-order valence-corrected chi connectivity index (χ1v) is 8.61. The smallest absolute Gasteiger partial charge is 0.348 e. The van der Waals surface area contributed by atoms with Crippen molar-refractivity contribution in [2.75, 3.05) is 39.8 Å². The Morgan fingerprint density at radius 1 is 1.24 bits per heavy atom. The molecule has 0 spiro atoms. The molecule has 1 aromatic carbocycles. The summed E-state index contributed by atoms with van der Waals surface area (Å²) in [6.07, 6.45) is 3.34. The number of piperazine rings is 1. The van der Waals surface area contributed by atoms with Crippen LogP contribution in [0, 0.1) is 11.3 Å². The van der Waals surface area contributed by atoms with Crippen LogP contribution in [0.2, 0.25) is 5.02 Å². The molecule has 1 aliphatic rings. The van der Waals surface area contributed by atoms with E-state index in [4.69, 9.17) is 16.3 Å². The van der Waals surface area contributed by atoms with E-state index in [0.717, 1.165) is 37.4 Å². The van der Waals surface area contributed by atoms with Crippen molar-refractivity contribution in [3.05, 3.63) is 52.6 Å². The second kappa shape index (κ2) is 9.26. The molecule has 1 aromatic rings. The van der Waals surface area contributed by atoms with Gasteiger partial charge in [-0.2, -0.15) is 5.26 Å². The SMILES string of the molecule is CCOC(=O)/C(C#N)=C/C=C(/c1ccc(Cl)cc1)N1CCN(C)CC1. The average Bonchev–Trinajstić information content (AvgIpc) is 2.61. The van der Waals surface area contributed by atoms with Crippen LogP contribution in [0.25, 0.3) is 5.70 Å². The van der Waals surface area contributed by atoms with E-state index in [-0.39, 0.29) is 12.2 Å². The molecular formula is C19H22ClN3O2. The summed E-state index contributed by atoms with van der Waals surface area (Å²) in [6, 6.07) is 9.46. The van der Waals surface area contributed by atoms with Crippen LogP contribution in [0.15, 0.2) is 42.0 Å². The molecule has 25 heavy (non-hydrogen) atoms. The minimum atomic E-state index is -0.602. The molecule has 132 valence electrons. The molecule has 0 saturated carbocycles. The largest absolute Gasteiger partial charge is 0.462 e. The number of benzene rings is 1. The molecule has 0 atom stereocenters. The first kappa shape index (κ1) is 19.0. The second-order valence-corrected chi connectivity index (χ2v) is 6.20. The first-order chi connectivity index (χ1) is 12.0. The summed E-state index contributed by atoms with van der Waals surface area (Å²) in [4.78, 5) is 16.3. The minimum Gasteiger partial charge on any atom is -0.462 e. The van der Waals surface area contributed by atoms with Crippen LogP contribution in [-0.2, 0) is 9.53 Å². The zero-order valence-corrected chi connectivity index (χ0v) is 15.3. The highest BCUT2D eigenvalue weighted by atomic mass is 35.5. The van der Waals surface area contributed by atoms with Gasteiger partial charge in [-0.3, -0.25) is 0 Å². The number of carbonyl (C=O) groups is 1. The lowest BCUT2D eigenvalue weighted by Crippen LogP contribution is -2.43. The standard InChI is InChI=1S/C19H22ClN3O2/c1-3-25-19(24)16(14-21)6-9-18(15-4-7-17(20)8-5-15)23-12-10-22(2)11-13-23/h4-9H,3,10-13H2,1-2H3/b16-6+,18-9-. The fourth-order valence-electron chi connectivity index (χ4n) is 2.57. The normalized spacial score (nSPS) is 16.5. The summed E-state index contributed by atoms with van der Waals surface area (Å²) in [6.45, 7) is 5.62. The van der Waals surface area contributed by atoms with E-state index >= 15 is 0 Å². The van der Waals surface area contributed by atoms with Gasteiger partial charge in [-0.25, -0.2) is 4.79 Å². The summed E-state index contributed by atoms with van der Waals surface area (Å²) in [5.74, 6) is -0.602. The van der Waals surface area contributed by atoms with E-state index in [1.54, 1.807) is 6.92 Å². The Morgan fingerprint density at radius 2 is 1.88 bits per heavy atom. The van der Waals surface area contributed by atoms with Gasteiger partial charge in [-0.15, -0.1) is 0 Å². The lowest BCUT2D eigenvalue weighted by Gasteiger charge is -2.35. The third kappa shape index (κ3) is 5.35. The molecule has 2 rings (SSSR count). The molecule has 1 saturated heterocycles. The van der Waals surface area contributed by atoms with E-state index in [2.05, 4.69) is 16.8 Å². The molecule has 0 bridgehead atoms. The van der Waals surface area contributed by atoms with E-state index in [1.165, 1.54) is 6.08 Å². The lowest BCUT2D eigenvalue weighted by molar-refractivity contribution is -0.138. The van der Waals surface area contributed by atoms with Crippen molar-refractivity contribution in [1.82, 2.24) is 9.80 Å². The van der Waals surface area contributed by atoms with Gasteiger partial charge < -0.3 is 14.5 Å². The number of ether oxygens (including phenoxy) is 1. The van der Waals surface area contributed by atoms with Crippen molar-refractivity contribution < 1.29 is 9.53 Å². The van der Waals surface area contributed by atoms with Crippen LogP contribution in [-0.4, -0.2) is 55.6 Å². The lowest BCUT2D eigenvalue weighted by atomic mass is 10.1. The van der Waals surface area contributed by atoms with Crippen molar-refractivity contribution in [1.29, 1.82) is 5.26 Å². The maximum absolute atomic E-state index is 11.8. The van der Waals surface area contributed by atoms with Crippen molar-refractivity contribution in [3.63, 3.8) is 0 Å². The van der Waals surface area contributed by atoms with Crippen LogP contribution in [0.3, 0.4) is 0 Å². The monoisotopic (exact) mass is 359 g/mol. The molecule has 1 fully saturated rings. The maximum Gasteiger partial charge on any atom is 0.348 e. The number of nitrogens with zero attached hydrogens (tertiary/aromatic N) is 3. The van der Waals surface area contributed by atoms with Gasteiger partial charge in [0.1, 0.15) is 11.6 Å². The molecule has 0 aromatic heterocycles. The van der Waals surface area contributed by atoms with Crippen LogP contribution < -0.4 is 0 Å². The highest BCUT2D eigenvalue weighted by Crippen LogP contribution is 2.23. The van der Waals surface area contributed by atoms with E-state index in [9.17, 15) is 10.1 Å². The number of carbonyl (C=O) groups excluding carboxylic acids is 1. The van der Waals surface area contributed by atoms with Crippen molar-refractivity contribution in [2.24, 2.45) is 0 Å². The fraction of sp³-hybridized carbons (Fsp3) is 0.368. The van der Waals surface area contributed by atoms with Crippen molar-refractivity contribution >= 4 is 23.3 Å². The number of esters is 1. The molecule has 1 aliphatic heterocycles. The summed E-state index contributed by atoms with van der Waals surface area (Å²) >= 11 is 5.99. The Kier molecular flexibility index (Phi) is 7.05. The molecule has 1 heterocycles. The van der Waals surface area contributed by atoms with Crippen LogP contribution in [0.4, 0.5) is 0 Å². The van der Waals surface area contributed by atoms with Gasteiger partial charge >= 0.3 is 5.97 Å².